The van der Waals surface area contributed by atoms with Crippen LogP contribution >= 0.6 is 0 Å². The molecule has 0 saturated heterocycles. The van der Waals surface area contributed by atoms with E-state index in [0.717, 1.165) is 38.8 Å². The van der Waals surface area contributed by atoms with Gasteiger partial charge in [0.15, 0.2) is 0 Å². The highest BCUT2D eigenvalue weighted by Crippen LogP contribution is 2.25. The molecule has 0 aromatic heterocycles. The van der Waals surface area contributed by atoms with Crippen molar-refractivity contribution in [3.05, 3.63) is 35.9 Å². The molecular formula is C20H34N2O3S. The Labute approximate surface area is 159 Å². The first kappa shape index (κ1) is 21.4. The maximum atomic E-state index is 12.2. The van der Waals surface area contributed by atoms with Crippen LogP contribution in [0.15, 0.2) is 30.3 Å². The third kappa shape index (κ3) is 6.99. The molecule has 0 aliphatic heterocycles. The number of benzene rings is 1. The van der Waals surface area contributed by atoms with Crippen molar-refractivity contribution in [2.75, 3.05) is 19.7 Å². The summed E-state index contributed by atoms with van der Waals surface area (Å²) in [6.45, 7) is 8.41. The quantitative estimate of drug-likeness (QED) is 0.644. The van der Waals surface area contributed by atoms with Crippen LogP contribution in [0, 0.1) is 5.92 Å². The van der Waals surface area contributed by atoms with Crippen LogP contribution in [0.3, 0.4) is 0 Å². The highest BCUT2D eigenvalue weighted by molar-refractivity contribution is 7.90. The number of ether oxygens (including phenoxy) is 1. The number of sulfonamides is 1. The highest BCUT2D eigenvalue weighted by Gasteiger charge is 2.32. The van der Waals surface area contributed by atoms with E-state index in [1.54, 1.807) is 20.8 Å². The Balaban J connectivity index is 1.55. The summed E-state index contributed by atoms with van der Waals surface area (Å²) in [4.78, 5) is 0. The summed E-state index contributed by atoms with van der Waals surface area (Å²) in [5, 5.41) is 3.47. The molecule has 5 nitrogen and oxygen atoms in total. The SMILES string of the molecule is CC(C)(C)S(=O)(=O)N[C@H]1CC[C@H](CNCCOCc2ccccc2)CC1. The van der Waals surface area contributed by atoms with Gasteiger partial charge in [-0.15, -0.1) is 0 Å². The standard InChI is InChI=1S/C20H34N2O3S/c1-20(2,3)26(23,24)22-19-11-9-17(10-12-19)15-21-13-14-25-16-18-7-5-4-6-8-18/h4-8,17,19,21-22H,9-16H2,1-3H3/t17-,19-. The van der Waals surface area contributed by atoms with Gasteiger partial charge in [-0.05, 0) is 64.5 Å². The molecule has 2 rings (SSSR count). The minimum Gasteiger partial charge on any atom is -0.375 e. The largest absolute Gasteiger partial charge is 0.375 e. The van der Waals surface area contributed by atoms with Gasteiger partial charge in [-0.1, -0.05) is 30.3 Å². The van der Waals surface area contributed by atoms with E-state index < -0.39 is 14.8 Å². The molecule has 0 amide bonds. The molecule has 0 atom stereocenters. The van der Waals surface area contributed by atoms with Gasteiger partial charge in [0.05, 0.1) is 18.0 Å². The van der Waals surface area contributed by atoms with E-state index >= 15 is 0 Å². The first-order chi connectivity index (χ1) is 12.3. The maximum absolute atomic E-state index is 12.2. The molecule has 26 heavy (non-hydrogen) atoms. The smallest absolute Gasteiger partial charge is 0.216 e. The Morgan fingerprint density at radius 2 is 1.73 bits per heavy atom. The molecule has 1 aromatic rings. The average Bonchev–Trinajstić information content (AvgIpc) is 2.59. The lowest BCUT2D eigenvalue weighted by molar-refractivity contribution is 0.121. The Morgan fingerprint density at radius 1 is 1.08 bits per heavy atom. The summed E-state index contributed by atoms with van der Waals surface area (Å²) in [7, 11) is -3.25. The molecule has 148 valence electrons. The highest BCUT2D eigenvalue weighted by atomic mass is 32.2. The topological polar surface area (TPSA) is 67.4 Å². The summed E-state index contributed by atoms with van der Waals surface area (Å²) in [6.07, 6.45) is 3.97. The molecule has 1 saturated carbocycles. The lowest BCUT2D eigenvalue weighted by Gasteiger charge is -2.31. The Morgan fingerprint density at radius 3 is 2.35 bits per heavy atom. The van der Waals surface area contributed by atoms with Gasteiger partial charge in [-0.25, -0.2) is 13.1 Å². The molecule has 1 fully saturated rings. The Kier molecular flexibility index (Phi) is 8.07. The molecule has 0 spiro atoms. The number of hydrogen-bond acceptors (Lipinski definition) is 4. The van der Waals surface area contributed by atoms with Crippen molar-refractivity contribution in [1.82, 2.24) is 10.0 Å². The zero-order valence-corrected chi connectivity index (χ0v) is 17.1. The van der Waals surface area contributed by atoms with Crippen molar-refractivity contribution in [3.63, 3.8) is 0 Å². The molecule has 0 heterocycles. The lowest BCUT2D eigenvalue weighted by Crippen LogP contribution is -2.46. The predicted molar refractivity (Wildman–Crippen MR) is 107 cm³/mol. The van der Waals surface area contributed by atoms with Crippen molar-refractivity contribution < 1.29 is 13.2 Å². The van der Waals surface area contributed by atoms with Crippen molar-refractivity contribution in [1.29, 1.82) is 0 Å². The average molecular weight is 383 g/mol. The van der Waals surface area contributed by atoms with Crippen LogP contribution < -0.4 is 10.0 Å². The summed E-state index contributed by atoms with van der Waals surface area (Å²) in [5.41, 5.74) is 1.20. The van der Waals surface area contributed by atoms with Gasteiger partial charge in [0.2, 0.25) is 10.0 Å². The molecule has 0 unspecified atom stereocenters. The molecule has 1 aromatic carbocycles. The second-order valence-corrected chi connectivity index (χ2v) is 10.7. The third-order valence-electron chi connectivity index (χ3n) is 4.94. The summed E-state index contributed by atoms with van der Waals surface area (Å²) < 4.78 is 32.3. The minimum absolute atomic E-state index is 0.0877. The van der Waals surface area contributed by atoms with Gasteiger partial charge in [-0.3, -0.25) is 0 Å². The second-order valence-electron chi connectivity index (χ2n) is 8.19. The van der Waals surface area contributed by atoms with Crippen LogP contribution in [-0.4, -0.2) is 38.9 Å². The summed E-state index contributed by atoms with van der Waals surface area (Å²) in [6, 6.07) is 10.3. The normalized spacial score (nSPS) is 21.7. The second kappa shape index (κ2) is 9.83. The maximum Gasteiger partial charge on any atom is 0.216 e. The third-order valence-corrected chi connectivity index (χ3v) is 7.20. The van der Waals surface area contributed by atoms with Crippen LogP contribution in [-0.2, 0) is 21.4 Å². The van der Waals surface area contributed by atoms with Crippen LogP contribution in [0.4, 0.5) is 0 Å². The summed E-state index contributed by atoms with van der Waals surface area (Å²) in [5.74, 6) is 0.625. The van der Waals surface area contributed by atoms with Crippen LogP contribution in [0.2, 0.25) is 0 Å². The van der Waals surface area contributed by atoms with Crippen molar-refractivity contribution in [2.45, 2.75) is 63.9 Å². The molecule has 0 bridgehead atoms. The fourth-order valence-corrected chi connectivity index (χ4v) is 4.12. The lowest BCUT2D eigenvalue weighted by atomic mass is 9.86. The minimum atomic E-state index is -3.25. The predicted octanol–water partition coefficient (Wildman–Crippen LogP) is 3.07. The Bertz CT molecular complexity index is 618. The fraction of sp³-hybridized carbons (Fsp3) is 0.700. The molecule has 6 heteroatoms. The van der Waals surface area contributed by atoms with Gasteiger partial charge in [0.1, 0.15) is 0 Å². The molecular weight excluding hydrogens is 348 g/mol. The van der Waals surface area contributed by atoms with E-state index in [4.69, 9.17) is 4.74 Å². The van der Waals surface area contributed by atoms with Crippen LogP contribution in [0.1, 0.15) is 52.0 Å². The fourth-order valence-electron chi connectivity index (χ4n) is 3.10. The molecule has 1 aliphatic rings. The first-order valence-electron chi connectivity index (χ1n) is 9.62. The number of rotatable bonds is 9. The van der Waals surface area contributed by atoms with Gasteiger partial charge in [0.25, 0.3) is 0 Å². The zero-order valence-electron chi connectivity index (χ0n) is 16.3. The molecule has 2 N–H and O–H groups in total. The zero-order chi connectivity index (χ0) is 19.0. The van der Waals surface area contributed by atoms with E-state index in [-0.39, 0.29) is 6.04 Å². The number of nitrogens with one attached hydrogen (secondary N) is 2. The van der Waals surface area contributed by atoms with Crippen LogP contribution in [0.25, 0.3) is 0 Å². The van der Waals surface area contributed by atoms with E-state index in [1.807, 2.05) is 18.2 Å². The monoisotopic (exact) mass is 382 g/mol. The first-order valence-corrected chi connectivity index (χ1v) is 11.1. The van der Waals surface area contributed by atoms with Crippen LogP contribution in [0.5, 0.6) is 0 Å². The van der Waals surface area contributed by atoms with Gasteiger partial charge < -0.3 is 10.1 Å². The van der Waals surface area contributed by atoms with Gasteiger partial charge in [-0.2, -0.15) is 0 Å². The summed E-state index contributed by atoms with van der Waals surface area (Å²) >= 11 is 0. The van der Waals surface area contributed by atoms with E-state index in [0.29, 0.717) is 19.1 Å². The van der Waals surface area contributed by atoms with Crippen molar-refractivity contribution in [2.24, 2.45) is 5.92 Å². The number of hydrogen-bond donors (Lipinski definition) is 2. The molecule has 1 aliphatic carbocycles. The van der Waals surface area contributed by atoms with E-state index in [1.165, 1.54) is 5.56 Å². The van der Waals surface area contributed by atoms with E-state index in [2.05, 4.69) is 22.2 Å². The van der Waals surface area contributed by atoms with Gasteiger partial charge in [0, 0.05) is 12.6 Å². The molecule has 0 radical (unpaired) electrons. The van der Waals surface area contributed by atoms with Crippen molar-refractivity contribution >= 4 is 10.0 Å². The van der Waals surface area contributed by atoms with Crippen molar-refractivity contribution in [3.8, 4) is 0 Å². The van der Waals surface area contributed by atoms with E-state index in [9.17, 15) is 8.42 Å². The Hall–Kier alpha value is -0.950. The van der Waals surface area contributed by atoms with Gasteiger partial charge >= 0.3 is 0 Å².